The Bertz CT molecular complexity index is 990. The van der Waals surface area contributed by atoms with Crippen LogP contribution in [0.1, 0.15) is 44.6 Å². The van der Waals surface area contributed by atoms with Crippen LogP contribution >= 0.6 is 0 Å². The molecule has 10 nitrogen and oxygen atoms in total. The molecule has 29 heavy (non-hydrogen) atoms. The summed E-state index contributed by atoms with van der Waals surface area (Å²) in [7, 11) is -3.70. The summed E-state index contributed by atoms with van der Waals surface area (Å²) in [4.78, 5) is 14.3. The highest BCUT2D eigenvalue weighted by Crippen LogP contribution is 2.29. The molecule has 0 radical (unpaired) electrons. The van der Waals surface area contributed by atoms with E-state index in [-0.39, 0.29) is 29.1 Å². The number of aliphatic hydroxyl groups excluding tert-OH is 1. The molecule has 11 heteroatoms. The van der Waals surface area contributed by atoms with Crippen LogP contribution in [-0.2, 0) is 10.0 Å². The Labute approximate surface area is 168 Å². The van der Waals surface area contributed by atoms with Gasteiger partial charge in [0.2, 0.25) is 10.0 Å². The number of piperidine rings is 1. The van der Waals surface area contributed by atoms with Gasteiger partial charge in [-0.05, 0) is 44.6 Å². The van der Waals surface area contributed by atoms with Crippen LogP contribution in [0.25, 0.3) is 0 Å². The highest BCUT2D eigenvalue weighted by molar-refractivity contribution is 7.89. The molecular formula is C18H25N5O5S. The number of sulfonamides is 1. The molecule has 1 saturated carbocycles. The van der Waals surface area contributed by atoms with Gasteiger partial charge in [0, 0.05) is 25.2 Å². The van der Waals surface area contributed by atoms with Crippen molar-refractivity contribution in [2.24, 2.45) is 0 Å². The second-order valence-corrected chi connectivity index (χ2v) is 9.36. The smallest absolute Gasteiger partial charge is 0.267 e. The number of hydrogen-bond donors (Lipinski definition) is 2. The van der Waals surface area contributed by atoms with E-state index < -0.39 is 16.1 Å². The number of nitrogens with one attached hydrogen (secondary N) is 1. The molecule has 1 aliphatic carbocycles. The normalized spacial score (nSPS) is 25.4. The Balaban J connectivity index is 1.54. The summed E-state index contributed by atoms with van der Waals surface area (Å²) in [5.41, 5.74) is -0.235. The van der Waals surface area contributed by atoms with Crippen LogP contribution < -0.4 is 15.2 Å². The summed E-state index contributed by atoms with van der Waals surface area (Å²) in [6.45, 7) is 0.929. The zero-order valence-corrected chi connectivity index (χ0v) is 16.8. The van der Waals surface area contributed by atoms with E-state index in [1.165, 1.54) is 10.7 Å². The Hall–Kier alpha value is -2.24. The number of aromatic nitrogens is 3. The van der Waals surface area contributed by atoms with Gasteiger partial charge in [0.05, 0.1) is 18.3 Å². The van der Waals surface area contributed by atoms with E-state index >= 15 is 0 Å². The average molecular weight is 423 g/mol. The summed E-state index contributed by atoms with van der Waals surface area (Å²) in [6, 6.07) is 2.75. The molecular weight excluding hydrogens is 398 g/mol. The molecule has 158 valence electrons. The molecule has 0 spiro atoms. The van der Waals surface area contributed by atoms with Gasteiger partial charge in [-0.15, -0.1) is 0 Å². The second kappa shape index (κ2) is 8.25. The first-order valence-corrected chi connectivity index (χ1v) is 11.4. The van der Waals surface area contributed by atoms with E-state index in [0.29, 0.717) is 12.2 Å². The van der Waals surface area contributed by atoms with Crippen molar-refractivity contribution in [3.63, 3.8) is 0 Å². The van der Waals surface area contributed by atoms with E-state index in [2.05, 4.69) is 19.5 Å². The number of anilines is 1. The van der Waals surface area contributed by atoms with Crippen molar-refractivity contribution >= 4 is 15.8 Å². The first-order valence-electron chi connectivity index (χ1n) is 9.89. The summed E-state index contributed by atoms with van der Waals surface area (Å²) >= 11 is 0. The first kappa shape index (κ1) is 20.0. The minimum Gasteiger partial charge on any atom is -0.391 e. The lowest BCUT2D eigenvalue weighted by atomic mass is 10.0. The zero-order chi connectivity index (χ0) is 20.4. The van der Waals surface area contributed by atoms with E-state index in [1.807, 2.05) is 4.90 Å². The van der Waals surface area contributed by atoms with Crippen LogP contribution in [0.3, 0.4) is 0 Å². The molecule has 0 amide bonds. The molecule has 1 aliphatic heterocycles. The van der Waals surface area contributed by atoms with Crippen LogP contribution in [0.15, 0.2) is 38.8 Å². The summed E-state index contributed by atoms with van der Waals surface area (Å²) in [5.74, 6) is 0.623. The molecule has 4 rings (SSSR count). The quantitative estimate of drug-likeness (QED) is 0.693. The van der Waals surface area contributed by atoms with Gasteiger partial charge in [0.25, 0.3) is 5.56 Å². The van der Waals surface area contributed by atoms with E-state index in [4.69, 9.17) is 0 Å². The third-order valence-corrected chi connectivity index (χ3v) is 7.09. The molecule has 2 aromatic rings. The zero-order valence-electron chi connectivity index (χ0n) is 16.0. The van der Waals surface area contributed by atoms with Gasteiger partial charge in [-0.1, -0.05) is 5.16 Å². The molecule has 2 aromatic heterocycles. The monoisotopic (exact) mass is 423 g/mol. The van der Waals surface area contributed by atoms with Crippen molar-refractivity contribution in [3.8, 4) is 0 Å². The molecule has 0 aromatic carbocycles. The van der Waals surface area contributed by atoms with Crippen molar-refractivity contribution in [1.29, 1.82) is 0 Å². The standard InChI is InChI=1S/C18H25N5O5S/c24-16-6-3-5-15(16)23-18(25)8-7-17(21-23)22-9-2-1-4-13(22)10-20-29(26,27)14-11-19-28-12-14/h7-8,11-13,15-16,20,24H,1-6,9-10H2. The summed E-state index contributed by atoms with van der Waals surface area (Å²) < 4.78 is 33.4. The third kappa shape index (κ3) is 4.21. The maximum Gasteiger partial charge on any atom is 0.267 e. The van der Waals surface area contributed by atoms with Crippen LogP contribution in [0.4, 0.5) is 5.82 Å². The van der Waals surface area contributed by atoms with E-state index in [1.54, 1.807) is 6.07 Å². The van der Waals surface area contributed by atoms with Gasteiger partial charge in [-0.3, -0.25) is 4.79 Å². The Morgan fingerprint density at radius 3 is 2.79 bits per heavy atom. The maximum atomic E-state index is 12.4. The number of hydrogen-bond acceptors (Lipinski definition) is 8. The number of nitrogens with zero attached hydrogens (tertiary/aromatic N) is 4. The third-order valence-electron chi connectivity index (χ3n) is 5.72. The molecule has 0 bridgehead atoms. The lowest BCUT2D eigenvalue weighted by Crippen LogP contribution is -2.47. The van der Waals surface area contributed by atoms with Crippen molar-refractivity contribution in [2.75, 3.05) is 18.0 Å². The Morgan fingerprint density at radius 1 is 1.21 bits per heavy atom. The molecule has 3 heterocycles. The fourth-order valence-electron chi connectivity index (χ4n) is 4.14. The second-order valence-electron chi connectivity index (χ2n) is 7.59. The van der Waals surface area contributed by atoms with Crippen molar-refractivity contribution < 1.29 is 18.0 Å². The number of rotatable bonds is 6. The van der Waals surface area contributed by atoms with Gasteiger partial charge in [-0.25, -0.2) is 17.8 Å². The van der Waals surface area contributed by atoms with Crippen LogP contribution in [0, 0.1) is 0 Å². The largest absolute Gasteiger partial charge is 0.391 e. The maximum absolute atomic E-state index is 12.4. The molecule has 1 saturated heterocycles. The minimum atomic E-state index is -3.70. The average Bonchev–Trinajstić information content (AvgIpc) is 3.40. The molecule has 3 unspecified atom stereocenters. The van der Waals surface area contributed by atoms with Gasteiger partial charge < -0.3 is 14.5 Å². The number of aliphatic hydroxyl groups is 1. The van der Waals surface area contributed by atoms with Crippen LogP contribution in [-0.4, -0.2) is 53.7 Å². The topological polar surface area (TPSA) is 131 Å². The van der Waals surface area contributed by atoms with Gasteiger partial charge >= 0.3 is 0 Å². The van der Waals surface area contributed by atoms with Gasteiger partial charge in [0.15, 0.2) is 0 Å². The van der Waals surface area contributed by atoms with Gasteiger partial charge in [-0.2, -0.15) is 5.10 Å². The fraction of sp³-hybridized carbons (Fsp3) is 0.611. The van der Waals surface area contributed by atoms with E-state index in [9.17, 15) is 18.3 Å². The minimum absolute atomic E-state index is 0.0123. The SMILES string of the molecule is O=c1ccc(N2CCCCC2CNS(=O)(=O)c2cnoc2)nn1C1CCCC1O. The lowest BCUT2D eigenvalue weighted by Gasteiger charge is -2.37. The molecule has 2 fully saturated rings. The molecule has 3 atom stereocenters. The van der Waals surface area contributed by atoms with Crippen LogP contribution in [0.5, 0.6) is 0 Å². The van der Waals surface area contributed by atoms with Crippen molar-refractivity contribution in [3.05, 3.63) is 34.9 Å². The summed E-state index contributed by atoms with van der Waals surface area (Å²) in [5, 5.41) is 18.2. The lowest BCUT2D eigenvalue weighted by molar-refractivity contribution is 0.127. The Morgan fingerprint density at radius 2 is 2.07 bits per heavy atom. The van der Waals surface area contributed by atoms with Gasteiger partial charge in [0.1, 0.15) is 17.0 Å². The van der Waals surface area contributed by atoms with Crippen molar-refractivity contribution in [2.45, 2.75) is 61.6 Å². The highest BCUT2D eigenvalue weighted by atomic mass is 32.2. The van der Waals surface area contributed by atoms with Crippen molar-refractivity contribution in [1.82, 2.24) is 19.7 Å². The highest BCUT2D eigenvalue weighted by Gasteiger charge is 2.30. The summed E-state index contributed by atoms with van der Waals surface area (Å²) in [6.07, 6.45) is 6.68. The fourth-order valence-corrected chi connectivity index (χ4v) is 5.07. The van der Waals surface area contributed by atoms with Crippen LogP contribution in [0.2, 0.25) is 0 Å². The molecule has 2 N–H and O–H groups in total. The Kier molecular flexibility index (Phi) is 5.70. The molecule has 2 aliphatic rings. The predicted octanol–water partition coefficient (Wildman–Crippen LogP) is 0.655. The van der Waals surface area contributed by atoms with E-state index in [0.717, 1.165) is 51.1 Å². The first-order chi connectivity index (χ1) is 14.0. The predicted molar refractivity (Wildman–Crippen MR) is 104 cm³/mol.